The number of nitrogens with one attached hydrogen (secondary N) is 1. The van der Waals surface area contributed by atoms with Crippen LogP contribution >= 0.6 is 0 Å². The third-order valence-corrected chi connectivity index (χ3v) is 5.16. The Labute approximate surface area is 130 Å². The first-order valence-electron chi connectivity index (χ1n) is 8.47. The molecule has 3 aliphatic rings. The Morgan fingerprint density at radius 2 is 1.82 bits per heavy atom. The number of fused-ring (bicyclic) bond motifs is 1. The van der Waals surface area contributed by atoms with Gasteiger partial charge in [0, 0.05) is 29.8 Å². The molecule has 2 saturated carbocycles. The number of benzene rings is 1. The highest BCUT2D eigenvalue weighted by atomic mass is 16.2. The lowest BCUT2D eigenvalue weighted by Gasteiger charge is -2.17. The Balaban J connectivity index is 1.48. The molecular weight excluding hydrogens is 276 g/mol. The predicted molar refractivity (Wildman–Crippen MR) is 85.8 cm³/mol. The minimum atomic E-state index is 0.154. The predicted octanol–water partition coefficient (Wildman–Crippen LogP) is 3.11. The molecule has 1 N–H and O–H groups in total. The van der Waals surface area contributed by atoms with Crippen LogP contribution < -0.4 is 10.2 Å². The molecule has 2 amide bonds. The van der Waals surface area contributed by atoms with Crippen molar-refractivity contribution < 1.29 is 9.59 Å². The van der Waals surface area contributed by atoms with Crippen molar-refractivity contribution in [3.05, 3.63) is 23.8 Å². The van der Waals surface area contributed by atoms with E-state index in [2.05, 4.69) is 5.32 Å². The maximum absolute atomic E-state index is 12.3. The van der Waals surface area contributed by atoms with E-state index in [-0.39, 0.29) is 23.7 Å². The zero-order valence-corrected chi connectivity index (χ0v) is 12.8. The standard InChI is InChI=1S/C18H22N2O2/c21-17(12-3-1-2-4-12)19-15-7-8-16-14(11-15)9-10-20(16)18(22)13-5-6-13/h7-8,11-13H,1-6,9-10H2,(H,19,21). The first-order valence-corrected chi connectivity index (χ1v) is 8.47. The van der Waals surface area contributed by atoms with Crippen molar-refractivity contribution in [3.8, 4) is 0 Å². The van der Waals surface area contributed by atoms with Crippen molar-refractivity contribution in [2.75, 3.05) is 16.8 Å². The van der Waals surface area contributed by atoms with Crippen molar-refractivity contribution in [2.24, 2.45) is 11.8 Å². The average Bonchev–Trinajstić information content (AvgIpc) is 3.07. The summed E-state index contributed by atoms with van der Waals surface area (Å²) in [5.41, 5.74) is 3.09. The van der Waals surface area contributed by atoms with Gasteiger partial charge in [-0.05, 0) is 55.9 Å². The van der Waals surface area contributed by atoms with Crippen LogP contribution in [0.3, 0.4) is 0 Å². The van der Waals surface area contributed by atoms with Gasteiger partial charge in [0.1, 0.15) is 0 Å². The van der Waals surface area contributed by atoms with Crippen LogP contribution in [0.4, 0.5) is 11.4 Å². The van der Waals surface area contributed by atoms with Crippen molar-refractivity contribution in [3.63, 3.8) is 0 Å². The first kappa shape index (κ1) is 13.8. The fraction of sp³-hybridized carbons (Fsp3) is 0.556. The van der Waals surface area contributed by atoms with Crippen LogP contribution in [0.2, 0.25) is 0 Å². The molecule has 4 heteroatoms. The number of nitrogens with zero attached hydrogens (tertiary/aromatic N) is 1. The molecule has 0 spiro atoms. The lowest BCUT2D eigenvalue weighted by Crippen LogP contribution is -2.30. The quantitative estimate of drug-likeness (QED) is 0.932. The van der Waals surface area contributed by atoms with Crippen LogP contribution in [-0.4, -0.2) is 18.4 Å². The molecule has 22 heavy (non-hydrogen) atoms. The molecule has 0 radical (unpaired) electrons. The zero-order chi connectivity index (χ0) is 15.1. The van der Waals surface area contributed by atoms with Crippen LogP contribution in [0, 0.1) is 11.8 Å². The number of carbonyl (C=O) groups is 2. The number of rotatable bonds is 3. The van der Waals surface area contributed by atoms with E-state index in [4.69, 9.17) is 0 Å². The highest BCUT2D eigenvalue weighted by molar-refractivity contribution is 5.99. The Hall–Kier alpha value is -1.84. The van der Waals surface area contributed by atoms with Gasteiger partial charge in [0.25, 0.3) is 0 Å². The SMILES string of the molecule is O=C(Nc1ccc2c(c1)CCN2C(=O)C1CC1)C1CCCC1. The van der Waals surface area contributed by atoms with Crippen molar-refractivity contribution in [1.29, 1.82) is 0 Å². The van der Waals surface area contributed by atoms with E-state index >= 15 is 0 Å². The number of carbonyl (C=O) groups excluding carboxylic acids is 2. The van der Waals surface area contributed by atoms with Gasteiger partial charge < -0.3 is 10.2 Å². The highest BCUT2D eigenvalue weighted by Crippen LogP contribution is 2.37. The van der Waals surface area contributed by atoms with Gasteiger partial charge in [-0.2, -0.15) is 0 Å². The van der Waals surface area contributed by atoms with Crippen LogP contribution in [0.5, 0.6) is 0 Å². The second kappa shape index (κ2) is 5.41. The monoisotopic (exact) mass is 298 g/mol. The molecule has 116 valence electrons. The van der Waals surface area contributed by atoms with Gasteiger partial charge >= 0.3 is 0 Å². The zero-order valence-electron chi connectivity index (χ0n) is 12.8. The minimum Gasteiger partial charge on any atom is -0.326 e. The first-order chi connectivity index (χ1) is 10.7. The van der Waals surface area contributed by atoms with E-state index in [1.165, 1.54) is 18.4 Å². The maximum atomic E-state index is 12.3. The molecular formula is C18H22N2O2. The lowest BCUT2D eigenvalue weighted by atomic mass is 10.1. The van der Waals surface area contributed by atoms with E-state index in [1.54, 1.807) is 0 Å². The average molecular weight is 298 g/mol. The molecule has 2 aliphatic carbocycles. The van der Waals surface area contributed by atoms with E-state index < -0.39 is 0 Å². The summed E-state index contributed by atoms with van der Waals surface area (Å²) in [7, 11) is 0. The van der Waals surface area contributed by atoms with Gasteiger partial charge in [0.15, 0.2) is 0 Å². The van der Waals surface area contributed by atoms with E-state index in [0.29, 0.717) is 0 Å². The molecule has 4 rings (SSSR count). The third kappa shape index (κ3) is 2.51. The number of hydrogen-bond donors (Lipinski definition) is 1. The minimum absolute atomic E-state index is 0.154. The Morgan fingerprint density at radius 1 is 1.05 bits per heavy atom. The summed E-state index contributed by atoms with van der Waals surface area (Å²) in [6.07, 6.45) is 7.34. The van der Waals surface area contributed by atoms with E-state index in [9.17, 15) is 9.59 Å². The molecule has 1 aromatic rings. The molecule has 1 heterocycles. The maximum Gasteiger partial charge on any atom is 0.230 e. The molecule has 4 nitrogen and oxygen atoms in total. The normalized spacial score (nSPS) is 21.0. The lowest BCUT2D eigenvalue weighted by molar-refractivity contribution is -0.120. The van der Waals surface area contributed by atoms with Crippen LogP contribution in [-0.2, 0) is 16.0 Å². The summed E-state index contributed by atoms with van der Waals surface area (Å²) in [5.74, 6) is 0.872. The Bertz CT molecular complexity index is 616. The van der Waals surface area contributed by atoms with Crippen LogP contribution in [0.15, 0.2) is 18.2 Å². The van der Waals surface area contributed by atoms with Crippen molar-refractivity contribution in [1.82, 2.24) is 0 Å². The van der Waals surface area contributed by atoms with Crippen LogP contribution in [0.25, 0.3) is 0 Å². The Morgan fingerprint density at radius 3 is 2.55 bits per heavy atom. The van der Waals surface area contributed by atoms with E-state index in [1.807, 2.05) is 23.1 Å². The molecule has 0 unspecified atom stereocenters. The summed E-state index contributed by atoms with van der Waals surface area (Å²) in [6.45, 7) is 0.782. The molecule has 0 aromatic heterocycles. The molecule has 0 bridgehead atoms. The summed E-state index contributed by atoms with van der Waals surface area (Å²) < 4.78 is 0. The highest BCUT2D eigenvalue weighted by Gasteiger charge is 2.36. The van der Waals surface area contributed by atoms with Gasteiger partial charge in [-0.3, -0.25) is 9.59 Å². The van der Waals surface area contributed by atoms with Crippen LogP contribution in [0.1, 0.15) is 44.1 Å². The largest absolute Gasteiger partial charge is 0.326 e. The van der Waals surface area contributed by atoms with Gasteiger partial charge in [-0.25, -0.2) is 0 Å². The number of hydrogen-bond acceptors (Lipinski definition) is 2. The fourth-order valence-electron chi connectivity index (χ4n) is 3.69. The molecule has 0 atom stereocenters. The molecule has 1 aliphatic heterocycles. The molecule has 2 fully saturated rings. The second-order valence-electron chi connectivity index (χ2n) is 6.83. The molecule has 1 aromatic carbocycles. The molecule has 0 saturated heterocycles. The third-order valence-electron chi connectivity index (χ3n) is 5.16. The smallest absolute Gasteiger partial charge is 0.230 e. The summed E-state index contributed by atoms with van der Waals surface area (Å²) in [5, 5.41) is 3.05. The van der Waals surface area contributed by atoms with Crippen molar-refractivity contribution in [2.45, 2.75) is 44.9 Å². The van der Waals surface area contributed by atoms with E-state index in [0.717, 1.165) is 50.0 Å². The van der Waals surface area contributed by atoms with Gasteiger partial charge in [-0.1, -0.05) is 12.8 Å². The summed E-state index contributed by atoms with van der Waals surface area (Å²) >= 11 is 0. The second-order valence-corrected chi connectivity index (χ2v) is 6.83. The fourth-order valence-corrected chi connectivity index (χ4v) is 3.69. The van der Waals surface area contributed by atoms with Gasteiger partial charge in [0.2, 0.25) is 11.8 Å². The van der Waals surface area contributed by atoms with Gasteiger partial charge in [0.05, 0.1) is 0 Å². The van der Waals surface area contributed by atoms with Crippen molar-refractivity contribution >= 4 is 23.2 Å². The summed E-state index contributed by atoms with van der Waals surface area (Å²) in [6, 6.07) is 5.97. The number of anilines is 2. The Kier molecular flexibility index (Phi) is 3.40. The topological polar surface area (TPSA) is 49.4 Å². The van der Waals surface area contributed by atoms with Gasteiger partial charge in [-0.15, -0.1) is 0 Å². The summed E-state index contributed by atoms with van der Waals surface area (Å²) in [4.78, 5) is 26.4. The number of amides is 2.